The summed E-state index contributed by atoms with van der Waals surface area (Å²) < 4.78 is 10.1. The lowest BCUT2D eigenvalue weighted by atomic mass is 10.0. The van der Waals surface area contributed by atoms with Gasteiger partial charge in [-0.05, 0) is 51.8 Å². The molecule has 2 atom stereocenters. The second kappa shape index (κ2) is 14.1. The zero-order valence-corrected chi connectivity index (χ0v) is 21.1. The van der Waals surface area contributed by atoms with Crippen molar-refractivity contribution in [2.45, 2.75) is 58.7 Å². The Balaban J connectivity index is 3.22. The average Bonchev–Trinajstić information content (AvgIpc) is 2.79. The fourth-order valence-corrected chi connectivity index (χ4v) is 3.25. The smallest absolute Gasteiger partial charge is 0.408 e. The number of nitrogens with zero attached hydrogens (tertiary/aromatic N) is 1. The summed E-state index contributed by atoms with van der Waals surface area (Å²) in [6, 6.07) is 4.50. The van der Waals surface area contributed by atoms with Crippen molar-refractivity contribution in [1.29, 1.82) is 0 Å². The number of aliphatic hydroxyl groups is 1. The number of benzene rings is 1. The number of amides is 3. The highest BCUT2D eigenvalue weighted by Gasteiger charge is 2.35. The van der Waals surface area contributed by atoms with Crippen LogP contribution >= 0.6 is 0 Å². The van der Waals surface area contributed by atoms with Crippen LogP contribution in [0.15, 0.2) is 30.8 Å². The molecule has 0 saturated heterocycles. The number of ether oxygens (including phenoxy) is 2. The molecule has 0 aliphatic carbocycles. The minimum atomic E-state index is -1.33. The van der Waals surface area contributed by atoms with E-state index in [1.807, 2.05) is 0 Å². The number of hydrogen-bond acceptors (Lipinski definition) is 7. The summed E-state index contributed by atoms with van der Waals surface area (Å²) in [4.78, 5) is 51.7. The number of aliphatic hydroxyl groups excluding tert-OH is 1. The molecule has 10 nitrogen and oxygen atoms in total. The second-order valence-corrected chi connectivity index (χ2v) is 8.63. The molecule has 3 N–H and O–H groups in total. The Kier molecular flexibility index (Phi) is 11.9. The molecule has 194 valence electrons. The van der Waals surface area contributed by atoms with Crippen molar-refractivity contribution in [3.8, 4) is 0 Å². The summed E-state index contributed by atoms with van der Waals surface area (Å²) in [6.45, 7) is 11.8. The molecule has 0 aromatic heterocycles. The number of rotatable bonds is 12. The highest BCUT2D eigenvalue weighted by molar-refractivity contribution is 5.92. The third-order valence-electron chi connectivity index (χ3n) is 4.75. The fraction of sp³-hybridized carbons (Fsp3) is 0.520. The van der Waals surface area contributed by atoms with Crippen LogP contribution in [0.5, 0.6) is 0 Å². The van der Waals surface area contributed by atoms with Gasteiger partial charge in [-0.1, -0.05) is 30.9 Å². The molecule has 1 aromatic carbocycles. The van der Waals surface area contributed by atoms with E-state index in [-0.39, 0.29) is 26.1 Å². The molecule has 0 heterocycles. The highest BCUT2D eigenvalue weighted by atomic mass is 16.6. The lowest BCUT2D eigenvalue weighted by molar-refractivity contribution is -0.144. The predicted molar refractivity (Wildman–Crippen MR) is 131 cm³/mol. The Hall–Kier alpha value is -3.40. The summed E-state index contributed by atoms with van der Waals surface area (Å²) in [7, 11) is 0. The highest BCUT2D eigenvalue weighted by Crippen LogP contribution is 2.24. The largest absolute Gasteiger partial charge is 0.466 e. The minimum Gasteiger partial charge on any atom is -0.466 e. The molecule has 0 aliphatic heterocycles. The molecule has 0 fully saturated rings. The second-order valence-electron chi connectivity index (χ2n) is 8.63. The molecular weight excluding hydrogens is 454 g/mol. The number of alkyl carbamates (subject to hydrolysis) is 1. The van der Waals surface area contributed by atoms with Gasteiger partial charge in [-0.15, -0.1) is 0 Å². The summed E-state index contributed by atoms with van der Waals surface area (Å²) in [5.41, 5.74) is 0.436. The van der Waals surface area contributed by atoms with Gasteiger partial charge in [0.15, 0.2) is 0 Å². The molecule has 3 amide bonds. The van der Waals surface area contributed by atoms with E-state index < -0.39 is 48.2 Å². The Morgan fingerprint density at radius 2 is 1.89 bits per heavy atom. The van der Waals surface area contributed by atoms with E-state index in [0.29, 0.717) is 5.56 Å². The van der Waals surface area contributed by atoms with Crippen LogP contribution in [0.2, 0.25) is 0 Å². The van der Waals surface area contributed by atoms with Crippen LogP contribution in [0.25, 0.3) is 6.08 Å². The molecule has 0 saturated carbocycles. The van der Waals surface area contributed by atoms with Gasteiger partial charge in [-0.2, -0.15) is 0 Å². The van der Waals surface area contributed by atoms with Crippen LogP contribution in [0.4, 0.5) is 4.79 Å². The molecular formula is C25H37N3O7. The van der Waals surface area contributed by atoms with E-state index in [0.717, 1.165) is 5.56 Å². The molecule has 2 unspecified atom stereocenters. The summed E-state index contributed by atoms with van der Waals surface area (Å²) in [6.07, 6.45) is 0.709. The van der Waals surface area contributed by atoms with Gasteiger partial charge in [0.05, 0.1) is 19.6 Å². The maximum absolute atomic E-state index is 13.4. The van der Waals surface area contributed by atoms with Crippen molar-refractivity contribution in [1.82, 2.24) is 15.5 Å². The van der Waals surface area contributed by atoms with E-state index in [1.165, 1.54) is 4.90 Å². The lowest BCUT2D eigenvalue weighted by Gasteiger charge is -2.33. The summed E-state index contributed by atoms with van der Waals surface area (Å²) in [5.74, 6) is -1.65. The molecule has 0 radical (unpaired) electrons. The van der Waals surface area contributed by atoms with Crippen molar-refractivity contribution in [3.63, 3.8) is 0 Å². The first-order chi connectivity index (χ1) is 16.5. The average molecular weight is 492 g/mol. The third-order valence-corrected chi connectivity index (χ3v) is 4.75. The molecule has 10 heteroatoms. The Morgan fingerprint density at radius 1 is 1.20 bits per heavy atom. The molecule has 35 heavy (non-hydrogen) atoms. The lowest BCUT2D eigenvalue weighted by Crippen LogP contribution is -2.54. The third kappa shape index (κ3) is 9.78. The number of esters is 1. The predicted octanol–water partition coefficient (Wildman–Crippen LogP) is 2.17. The van der Waals surface area contributed by atoms with Crippen molar-refractivity contribution in [2.24, 2.45) is 0 Å². The molecule has 0 spiro atoms. The number of nitrogens with one attached hydrogen (secondary N) is 2. The first kappa shape index (κ1) is 29.6. The van der Waals surface area contributed by atoms with Gasteiger partial charge in [0.2, 0.25) is 11.8 Å². The quantitative estimate of drug-likeness (QED) is 0.382. The van der Waals surface area contributed by atoms with Gasteiger partial charge in [0.1, 0.15) is 17.7 Å². The minimum absolute atomic E-state index is 0.0145. The zero-order valence-electron chi connectivity index (χ0n) is 21.1. The van der Waals surface area contributed by atoms with Gasteiger partial charge in [0, 0.05) is 13.1 Å². The van der Waals surface area contributed by atoms with E-state index in [9.17, 15) is 24.3 Å². The maximum Gasteiger partial charge on any atom is 0.408 e. The van der Waals surface area contributed by atoms with Crippen LogP contribution in [0.1, 0.15) is 58.2 Å². The van der Waals surface area contributed by atoms with Crippen molar-refractivity contribution in [2.75, 3.05) is 26.3 Å². The number of carbonyl (C=O) groups is 4. The van der Waals surface area contributed by atoms with Crippen LogP contribution in [0.3, 0.4) is 0 Å². The van der Waals surface area contributed by atoms with Gasteiger partial charge in [-0.3, -0.25) is 14.4 Å². The molecule has 0 bridgehead atoms. The van der Waals surface area contributed by atoms with Crippen LogP contribution in [0, 0.1) is 0 Å². The van der Waals surface area contributed by atoms with Gasteiger partial charge >= 0.3 is 12.1 Å². The van der Waals surface area contributed by atoms with E-state index >= 15 is 0 Å². The number of likely N-dealkylation sites (N-methyl/N-ethyl adjacent to an activating group) is 1. The Morgan fingerprint density at radius 3 is 2.43 bits per heavy atom. The van der Waals surface area contributed by atoms with Gasteiger partial charge in [-0.25, -0.2) is 4.79 Å². The Bertz CT molecular complexity index is 895. The van der Waals surface area contributed by atoms with Crippen molar-refractivity contribution in [3.05, 3.63) is 42.0 Å². The fourth-order valence-electron chi connectivity index (χ4n) is 3.25. The first-order valence-corrected chi connectivity index (χ1v) is 11.5. The summed E-state index contributed by atoms with van der Waals surface area (Å²) in [5, 5.41) is 14.9. The van der Waals surface area contributed by atoms with E-state index in [4.69, 9.17) is 9.47 Å². The van der Waals surface area contributed by atoms with Crippen LogP contribution in [-0.2, 0) is 23.9 Å². The van der Waals surface area contributed by atoms with Gasteiger partial charge in [0.25, 0.3) is 0 Å². The van der Waals surface area contributed by atoms with Crippen LogP contribution < -0.4 is 10.6 Å². The number of carbonyl (C=O) groups excluding carboxylic acids is 4. The monoisotopic (exact) mass is 491 g/mol. The SMILES string of the molecule is C=Cc1cccc(C(C(=O)NCCC(=O)OCC)N(CC)C(=O)C(CO)NC(=O)OC(C)(C)C)c1. The normalized spacial score (nSPS) is 12.6. The van der Waals surface area contributed by atoms with Crippen molar-refractivity contribution < 1.29 is 33.8 Å². The molecule has 0 aliphatic rings. The van der Waals surface area contributed by atoms with Crippen molar-refractivity contribution >= 4 is 30.0 Å². The molecule has 1 aromatic rings. The van der Waals surface area contributed by atoms with E-state index in [1.54, 1.807) is 65.0 Å². The van der Waals surface area contributed by atoms with E-state index in [2.05, 4.69) is 17.2 Å². The van der Waals surface area contributed by atoms with Gasteiger partial charge < -0.3 is 30.1 Å². The van der Waals surface area contributed by atoms with Crippen LogP contribution in [-0.4, -0.2) is 71.8 Å². The molecule has 1 rings (SSSR count). The number of hydrogen-bond donors (Lipinski definition) is 3. The first-order valence-electron chi connectivity index (χ1n) is 11.5. The summed E-state index contributed by atoms with van der Waals surface area (Å²) >= 11 is 0. The zero-order chi connectivity index (χ0) is 26.6. The Labute approximate surface area is 206 Å². The maximum atomic E-state index is 13.4. The topological polar surface area (TPSA) is 134 Å². The standard InChI is InChI=1S/C25H37N3O7/c1-7-17-11-10-12-18(15-17)21(22(31)26-14-13-20(30)34-9-3)28(8-2)23(32)19(16-29)27-24(33)35-25(4,5)6/h7,10-12,15,19,21,29H,1,8-9,13-14,16H2,2-6H3,(H,26,31)(H,27,33).